The number of nitrogens with one attached hydrogen (secondary N) is 1. The van der Waals surface area contributed by atoms with Crippen molar-refractivity contribution in [2.45, 2.75) is 33.0 Å². The molecule has 0 aromatic carbocycles. The van der Waals surface area contributed by atoms with Crippen LogP contribution in [-0.4, -0.2) is 30.8 Å². The maximum Gasteiger partial charge on any atom is 0.405 e. The van der Waals surface area contributed by atoms with Crippen molar-refractivity contribution in [3.63, 3.8) is 0 Å². The van der Waals surface area contributed by atoms with Crippen molar-refractivity contribution in [1.29, 1.82) is 0 Å². The summed E-state index contributed by atoms with van der Waals surface area (Å²) in [6.07, 6.45) is -0.436. The van der Waals surface area contributed by atoms with E-state index in [9.17, 15) is 13.2 Å². The number of aromatic nitrogens is 1. The van der Waals surface area contributed by atoms with Crippen molar-refractivity contribution < 1.29 is 13.2 Å². The lowest BCUT2D eigenvalue weighted by Crippen LogP contribution is -2.35. The highest BCUT2D eigenvalue weighted by Gasteiger charge is 2.31. The Hall–Kier alpha value is -1.30. The van der Waals surface area contributed by atoms with Gasteiger partial charge in [0.2, 0.25) is 0 Å². The van der Waals surface area contributed by atoms with Gasteiger partial charge in [0, 0.05) is 19.3 Å². The van der Waals surface area contributed by atoms with Crippen LogP contribution in [0.4, 0.5) is 18.9 Å². The average molecular weight is 275 g/mol. The van der Waals surface area contributed by atoms with Gasteiger partial charge < -0.3 is 10.2 Å². The first-order valence-corrected chi connectivity index (χ1v) is 6.43. The fraction of sp³-hybridized carbons (Fsp3) is 0.615. The summed E-state index contributed by atoms with van der Waals surface area (Å²) in [6, 6.07) is 1.76. The molecule has 0 bridgehead atoms. The zero-order valence-corrected chi connectivity index (χ0v) is 11.3. The third-order valence-corrected chi connectivity index (χ3v) is 2.66. The number of hydrogen-bond acceptors (Lipinski definition) is 3. The van der Waals surface area contributed by atoms with Gasteiger partial charge in [0.15, 0.2) is 0 Å². The second kappa shape index (κ2) is 7.33. The van der Waals surface area contributed by atoms with Gasteiger partial charge in [0.25, 0.3) is 0 Å². The van der Waals surface area contributed by atoms with E-state index in [0.29, 0.717) is 25.2 Å². The molecule has 0 spiro atoms. The average Bonchev–Trinajstić information content (AvgIpc) is 2.34. The molecule has 1 N–H and O–H groups in total. The van der Waals surface area contributed by atoms with E-state index in [1.54, 1.807) is 12.3 Å². The fourth-order valence-electron chi connectivity index (χ4n) is 1.88. The van der Waals surface area contributed by atoms with Crippen molar-refractivity contribution in [1.82, 2.24) is 10.3 Å². The largest absolute Gasteiger partial charge is 0.405 e. The molecule has 0 aliphatic rings. The van der Waals surface area contributed by atoms with Gasteiger partial charge in [-0.05, 0) is 24.6 Å². The molecule has 19 heavy (non-hydrogen) atoms. The first-order chi connectivity index (χ1) is 8.98. The molecule has 1 rings (SSSR count). The molecule has 1 aromatic rings. The monoisotopic (exact) mass is 275 g/mol. The van der Waals surface area contributed by atoms with Crippen molar-refractivity contribution >= 4 is 5.69 Å². The van der Waals surface area contributed by atoms with Gasteiger partial charge in [0.1, 0.15) is 6.54 Å². The molecule has 0 atom stereocenters. The Labute approximate surface area is 111 Å². The second-order valence-electron chi connectivity index (χ2n) is 4.32. The minimum Gasteiger partial charge on any atom is -0.361 e. The van der Waals surface area contributed by atoms with E-state index >= 15 is 0 Å². The van der Waals surface area contributed by atoms with Crippen LogP contribution < -0.4 is 10.2 Å². The first kappa shape index (κ1) is 15.8. The summed E-state index contributed by atoms with van der Waals surface area (Å²) in [5.74, 6) is 0. The lowest BCUT2D eigenvalue weighted by Gasteiger charge is -2.27. The highest BCUT2D eigenvalue weighted by Crippen LogP contribution is 2.24. The minimum atomic E-state index is -4.21. The van der Waals surface area contributed by atoms with Crippen LogP contribution in [0.25, 0.3) is 0 Å². The van der Waals surface area contributed by atoms with E-state index in [1.807, 2.05) is 13.8 Å². The highest BCUT2D eigenvalue weighted by molar-refractivity contribution is 5.51. The smallest absolute Gasteiger partial charge is 0.361 e. The zero-order chi connectivity index (χ0) is 14.3. The molecule has 0 saturated carbocycles. The number of hydrogen-bond donors (Lipinski definition) is 1. The van der Waals surface area contributed by atoms with E-state index in [-0.39, 0.29) is 0 Å². The maximum absolute atomic E-state index is 12.6. The van der Waals surface area contributed by atoms with Gasteiger partial charge in [-0.25, -0.2) is 0 Å². The molecule has 0 saturated heterocycles. The Balaban J connectivity index is 2.94. The Bertz CT molecular complexity index is 380. The van der Waals surface area contributed by atoms with Gasteiger partial charge in [0.05, 0.1) is 11.9 Å². The molecular formula is C13H20F3N3. The van der Waals surface area contributed by atoms with Crippen LogP contribution in [-0.2, 0) is 6.54 Å². The first-order valence-electron chi connectivity index (χ1n) is 6.43. The van der Waals surface area contributed by atoms with Gasteiger partial charge in [-0.1, -0.05) is 13.8 Å². The zero-order valence-electron chi connectivity index (χ0n) is 11.3. The molecule has 1 aromatic heterocycles. The van der Waals surface area contributed by atoms with Crippen LogP contribution in [0, 0.1) is 0 Å². The molecule has 0 amide bonds. The van der Waals surface area contributed by atoms with Crippen LogP contribution in [0.1, 0.15) is 25.8 Å². The molecule has 108 valence electrons. The summed E-state index contributed by atoms with van der Waals surface area (Å²) >= 11 is 0. The van der Waals surface area contributed by atoms with E-state index in [2.05, 4.69) is 10.3 Å². The van der Waals surface area contributed by atoms with Crippen molar-refractivity contribution in [2.75, 3.05) is 24.5 Å². The number of rotatable bonds is 7. The lowest BCUT2D eigenvalue weighted by atomic mass is 10.2. The molecule has 6 heteroatoms. The van der Waals surface area contributed by atoms with Gasteiger partial charge in [-0.2, -0.15) is 13.2 Å². The van der Waals surface area contributed by atoms with Crippen LogP contribution in [0.15, 0.2) is 18.5 Å². The van der Waals surface area contributed by atoms with Crippen LogP contribution in [0.5, 0.6) is 0 Å². The van der Waals surface area contributed by atoms with Crippen molar-refractivity contribution in [3.05, 3.63) is 24.0 Å². The molecule has 3 nitrogen and oxygen atoms in total. The standard InChI is InChI=1S/C13H20F3N3/c1-3-7-19(10-13(14,15)16)12-9-18-6-5-11(12)8-17-4-2/h5-6,9,17H,3-4,7-8,10H2,1-2H3. The Morgan fingerprint density at radius 2 is 2.05 bits per heavy atom. The molecule has 0 aliphatic heterocycles. The topological polar surface area (TPSA) is 28.2 Å². The summed E-state index contributed by atoms with van der Waals surface area (Å²) in [5.41, 5.74) is 1.40. The fourth-order valence-corrected chi connectivity index (χ4v) is 1.88. The van der Waals surface area contributed by atoms with Crippen molar-refractivity contribution in [2.24, 2.45) is 0 Å². The molecule has 0 unspecified atom stereocenters. The molecule has 0 fully saturated rings. The number of alkyl halides is 3. The van der Waals surface area contributed by atoms with Crippen molar-refractivity contribution in [3.8, 4) is 0 Å². The molecule has 1 heterocycles. The third kappa shape index (κ3) is 5.46. The van der Waals surface area contributed by atoms with Gasteiger partial charge in [-0.15, -0.1) is 0 Å². The maximum atomic E-state index is 12.6. The summed E-state index contributed by atoms with van der Waals surface area (Å²) in [4.78, 5) is 5.30. The number of halogens is 3. The van der Waals surface area contributed by atoms with E-state index in [1.165, 1.54) is 11.1 Å². The van der Waals surface area contributed by atoms with Gasteiger partial charge in [-0.3, -0.25) is 4.98 Å². The van der Waals surface area contributed by atoms with Crippen LogP contribution in [0.2, 0.25) is 0 Å². The quantitative estimate of drug-likeness (QED) is 0.829. The second-order valence-corrected chi connectivity index (χ2v) is 4.32. The van der Waals surface area contributed by atoms with E-state index < -0.39 is 12.7 Å². The Morgan fingerprint density at radius 3 is 2.63 bits per heavy atom. The summed E-state index contributed by atoms with van der Waals surface area (Å²) in [5, 5.41) is 3.13. The normalized spacial score (nSPS) is 11.6. The number of pyridine rings is 1. The lowest BCUT2D eigenvalue weighted by molar-refractivity contribution is -0.119. The summed E-state index contributed by atoms with van der Waals surface area (Å²) in [7, 11) is 0. The Kier molecular flexibility index (Phi) is 6.08. The number of anilines is 1. The minimum absolute atomic E-state index is 0.365. The number of nitrogens with zero attached hydrogens (tertiary/aromatic N) is 2. The summed E-state index contributed by atoms with van der Waals surface area (Å²) in [6.45, 7) is 4.57. The van der Waals surface area contributed by atoms with Gasteiger partial charge >= 0.3 is 6.18 Å². The molecule has 0 radical (unpaired) electrons. The SMILES string of the molecule is CCCN(CC(F)(F)F)c1cnccc1CNCC. The van der Waals surface area contributed by atoms with Crippen LogP contribution in [0.3, 0.4) is 0 Å². The molecule has 0 aliphatic carbocycles. The van der Waals surface area contributed by atoms with Crippen LogP contribution >= 0.6 is 0 Å². The predicted molar refractivity (Wildman–Crippen MR) is 70.2 cm³/mol. The Morgan fingerprint density at radius 1 is 1.32 bits per heavy atom. The predicted octanol–water partition coefficient (Wildman–Crippen LogP) is 2.97. The van der Waals surface area contributed by atoms with E-state index in [0.717, 1.165) is 12.1 Å². The highest BCUT2D eigenvalue weighted by atomic mass is 19.4. The summed E-state index contributed by atoms with van der Waals surface area (Å²) < 4.78 is 37.9. The van der Waals surface area contributed by atoms with E-state index in [4.69, 9.17) is 0 Å². The third-order valence-electron chi connectivity index (χ3n) is 2.66. The molecular weight excluding hydrogens is 255 g/mol.